The molecule has 0 spiro atoms. The second-order valence-corrected chi connectivity index (χ2v) is 3.98. The van der Waals surface area contributed by atoms with Gasteiger partial charge in [0.25, 0.3) is 0 Å². The Kier molecular flexibility index (Phi) is 8.00. The number of quaternary nitrogens is 1. The number of hydrogen-bond donors (Lipinski definition) is 2. The summed E-state index contributed by atoms with van der Waals surface area (Å²) in [6.45, 7) is 1.02. The van der Waals surface area contributed by atoms with Crippen molar-refractivity contribution >= 4 is 24.3 Å². The van der Waals surface area contributed by atoms with E-state index in [-0.39, 0.29) is 24.9 Å². The fourth-order valence-electron chi connectivity index (χ4n) is 0.635. The Morgan fingerprint density at radius 2 is 1.87 bits per heavy atom. The van der Waals surface area contributed by atoms with E-state index in [1.807, 2.05) is 21.1 Å². The Morgan fingerprint density at radius 1 is 1.33 bits per heavy atom. The highest BCUT2D eigenvalue weighted by Gasteiger charge is 2.08. The van der Waals surface area contributed by atoms with Gasteiger partial charge in [-0.2, -0.15) is 0 Å². The van der Waals surface area contributed by atoms with Gasteiger partial charge in [0.05, 0.1) is 21.1 Å². The van der Waals surface area contributed by atoms with Gasteiger partial charge in [0.2, 0.25) is 0 Å². The lowest BCUT2D eigenvalue weighted by Crippen LogP contribution is -2.38. The molecule has 7 heteroatoms. The molecule has 90 valence electrons. The standard InChI is InChI=1S/C8H19N4O2.ClH/c1-12(2,3)4-5-14-7(13)6-11-8(9)10;/h4-6H2,1-3H3,(H4,9,10,11);1H/q+1;. The van der Waals surface area contributed by atoms with Gasteiger partial charge in [0.1, 0.15) is 19.7 Å². The van der Waals surface area contributed by atoms with Crippen molar-refractivity contribution in [3.05, 3.63) is 0 Å². The monoisotopic (exact) mass is 239 g/mol. The summed E-state index contributed by atoms with van der Waals surface area (Å²) in [6, 6.07) is 0. The maximum absolute atomic E-state index is 11.0. The van der Waals surface area contributed by atoms with Crippen molar-refractivity contribution in [2.75, 3.05) is 40.8 Å². The first-order valence-corrected chi connectivity index (χ1v) is 4.33. The molecule has 0 aliphatic rings. The number of nitrogens with two attached hydrogens (primary N) is 2. The summed E-state index contributed by atoms with van der Waals surface area (Å²) in [4.78, 5) is 14.5. The molecule has 0 bridgehead atoms. The number of guanidine groups is 1. The summed E-state index contributed by atoms with van der Waals surface area (Å²) in [5.41, 5.74) is 10.1. The Balaban J connectivity index is 0. The van der Waals surface area contributed by atoms with Crippen molar-refractivity contribution in [3.8, 4) is 0 Å². The SMILES string of the molecule is C[N+](C)(C)CCOC(=O)CN=C(N)N.Cl. The Hall–Kier alpha value is -1.01. The molecular formula is C8H20ClN4O2+. The normalized spacial score (nSPS) is 10.1. The van der Waals surface area contributed by atoms with Gasteiger partial charge in [-0.3, -0.25) is 4.79 Å². The molecule has 0 rings (SSSR count). The zero-order valence-electron chi connectivity index (χ0n) is 9.40. The molecule has 0 aliphatic heterocycles. The molecule has 0 fully saturated rings. The van der Waals surface area contributed by atoms with Crippen LogP contribution in [0.25, 0.3) is 0 Å². The highest BCUT2D eigenvalue weighted by atomic mass is 35.5. The topological polar surface area (TPSA) is 90.7 Å². The minimum Gasteiger partial charge on any atom is -0.458 e. The van der Waals surface area contributed by atoms with Crippen molar-refractivity contribution in [2.24, 2.45) is 16.5 Å². The van der Waals surface area contributed by atoms with Gasteiger partial charge in [0, 0.05) is 0 Å². The minimum absolute atomic E-state index is 0. The molecule has 0 saturated carbocycles. The van der Waals surface area contributed by atoms with Gasteiger partial charge < -0.3 is 20.7 Å². The van der Waals surface area contributed by atoms with Crippen LogP contribution < -0.4 is 11.5 Å². The van der Waals surface area contributed by atoms with Crippen molar-refractivity contribution in [2.45, 2.75) is 0 Å². The van der Waals surface area contributed by atoms with Crippen LogP contribution in [0.3, 0.4) is 0 Å². The molecule has 0 aromatic heterocycles. The van der Waals surface area contributed by atoms with E-state index in [1.165, 1.54) is 0 Å². The summed E-state index contributed by atoms with van der Waals surface area (Å²) >= 11 is 0. The lowest BCUT2D eigenvalue weighted by molar-refractivity contribution is -0.870. The quantitative estimate of drug-likeness (QED) is 0.277. The summed E-state index contributed by atoms with van der Waals surface area (Å²) < 4.78 is 5.64. The molecule has 0 heterocycles. The van der Waals surface area contributed by atoms with Crippen LogP contribution in [0.1, 0.15) is 0 Å². The van der Waals surface area contributed by atoms with Crippen molar-refractivity contribution in [1.29, 1.82) is 0 Å². The van der Waals surface area contributed by atoms with Crippen LogP contribution in [0.5, 0.6) is 0 Å². The third-order valence-corrected chi connectivity index (χ3v) is 1.42. The maximum Gasteiger partial charge on any atom is 0.328 e. The molecule has 0 aliphatic carbocycles. The van der Waals surface area contributed by atoms with Gasteiger partial charge in [0.15, 0.2) is 5.96 Å². The van der Waals surface area contributed by atoms with E-state index in [0.29, 0.717) is 6.61 Å². The molecule has 6 nitrogen and oxygen atoms in total. The first-order chi connectivity index (χ1) is 6.31. The van der Waals surface area contributed by atoms with E-state index >= 15 is 0 Å². The van der Waals surface area contributed by atoms with Gasteiger partial charge in [-0.05, 0) is 0 Å². The number of aliphatic imine (C=N–C) groups is 1. The number of likely N-dealkylation sites (N-methyl/N-ethyl adjacent to an activating group) is 1. The van der Waals surface area contributed by atoms with Crippen LogP contribution in [0.2, 0.25) is 0 Å². The molecule has 0 saturated heterocycles. The zero-order chi connectivity index (χ0) is 11.2. The Morgan fingerprint density at radius 3 is 2.27 bits per heavy atom. The molecule has 0 aromatic carbocycles. The first kappa shape index (κ1) is 16.4. The van der Waals surface area contributed by atoms with E-state index in [1.54, 1.807) is 0 Å². The summed E-state index contributed by atoms with van der Waals surface area (Å²) in [6.07, 6.45) is 0. The average molecular weight is 240 g/mol. The van der Waals surface area contributed by atoms with E-state index < -0.39 is 5.97 Å². The highest BCUT2D eigenvalue weighted by Crippen LogP contribution is 1.90. The number of nitrogens with zero attached hydrogens (tertiary/aromatic N) is 2. The fourth-order valence-corrected chi connectivity index (χ4v) is 0.635. The van der Waals surface area contributed by atoms with Gasteiger partial charge in [-0.1, -0.05) is 0 Å². The largest absolute Gasteiger partial charge is 0.458 e. The zero-order valence-corrected chi connectivity index (χ0v) is 10.2. The summed E-state index contributed by atoms with van der Waals surface area (Å²) in [5.74, 6) is -0.514. The number of esters is 1. The average Bonchev–Trinajstić information content (AvgIpc) is 1.98. The molecule has 15 heavy (non-hydrogen) atoms. The summed E-state index contributed by atoms with van der Waals surface area (Å²) in [7, 11) is 6.05. The Bertz CT molecular complexity index is 221. The van der Waals surface area contributed by atoms with Crippen molar-refractivity contribution < 1.29 is 14.0 Å². The number of carbonyl (C=O) groups excluding carboxylic acids is 1. The first-order valence-electron chi connectivity index (χ1n) is 4.33. The van der Waals surface area contributed by atoms with Crippen LogP contribution in [0.4, 0.5) is 0 Å². The number of hydrogen-bond acceptors (Lipinski definition) is 3. The molecule has 0 radical (unpaired) electrons. The van der Waals surface area contributed by atoms with E-state index in [9.17, 15) is 4.79 Å². The molecule has 0 amide bonds. The van der Waals surface area contributed by atoms with E-state index in [0.717, 1.165) is 11.0 Å². The minimum atomic E-state index is -0.410. The number of halogens is 1. The lowest BCUT2D eigenvalue weighted by atomic mass is 10.5. The molecule has 0 aromatic rings. The lowest BCUT2D eigenvalue weighted by Gasteiger charge is -2.23. The van der Waals surface area contributed by atoms with Crippen LogP contribution >= 0.6 is 12.4 Å². The van der Waals surface area contributed by atoms with Crippen molar-refractivity contribution in [3.63, 3.8) is 0 Å². The third-order valence-electron chi connectivity index (χ3n) is 1.42. The predicted molar refractivity (Wildman–Crippen MR) is 61.8 cm³/mol. The van der Waals surface area contributed by atoms with Crippen LogP contribution in [-0.2, 0) is 9.53 Å². The number of ether oxygens (including phenoxy) is 1. The number of carbonyl (C=O) groups is 1. The van der Waals surface area contributed by atoms with E-state index in [2.05, 4.69) is 4.99 Å². The van der Waals surface area contributed by atoms with Crippen LogP contribution in [0, 0.1) is 0 Å². The van der Waals surface area contributed by atoms with E-state index in [4.69, 9.17) is 16.2 Å². The Labute approximate surface area is 96.3 Å². The summed E-state index contributed by atoms with van der Waals surface area (Å²) in [5, 5.41) is 0. The second kappa shape index (κ2) is 7.30. The second-order valence-electron chi connectivity index (χ2n) is 3.98. The molecule has 4 N–H and O–H groups in total. The van der Waals surface area contributed by atoms with Crippen LogP contribution in [0.15, 0.2) is 4.99 Å². The van der Waals surface area contributed by atoms with Gasteiger partial charge in [-0.15, -0.1) is 12.4 Å². The van der Waals surface area contributed by atoms with Gasteiger partial charge >= 0.3 is 5.97 Å². The third kappa shape index (κ3) is 13.0. The predicted octanol–water partition coefficient (Wildman–Crippen LogP) is -1.07. The number of rotatable bonds is 5. The molecular weight excluding hydrogens is 220 g/mol. The smallest absolute Gasteiger partial charge is 0.328 e. The maximum atomic E-state index is 11.0. The van der Waals surface area contributed by atoms with Crippen molar-refractivity contribution in [1.82, 2.24) is 0 Å². The highest BCUT2D eigenvalue weighted by molar-refractivity contribution is 5.85. The van der Waals surface area contributed by atoms with Gasteiger partial charge in [-0.25, -0.2) is 4.99 Å². The fraction of sp³-hybridized carbons (Fsp3) is 0.750. The van der Waals surface area contributed by atoms with Crippen LogP contribution in [-0.4, -0.2) is 57.3 Å². The molecule has 0 unspecified atom stereocenters. The molecule has 0 atom stereocenters.